The number of nitrogens with zero attached hydrogens (tertiary/aromatic N) is 3. The highest BCUT2D eigenvalue weighted by Crippen LogP contribution is 2.45. The monoisotopic (exact) mass is 582 g/mol. The van der Waals surface area contributed by atoms with Gasteiger partial charge in [-0.3, -0.25) is 0 Å². The number of rotatable bonds is 5. The molecule has 0 amide bonds. The first-order valence-corrected chi connectivity index (χ1v) is 14.8. The fraction of sp³-hybridized carbons (Fsp3) is 0. The lowest BCUT2D eigenvalue weighted by molar-refractivity contribution is 1.17. The van der Waals surface area contributed by atoms with E-state index in [1.54, 1.807) is 4.57 Å². The third-order valence-corrected chi connectivity index (χ3v) is 8.33. The predicted octanol–water partition coefficient (Wildman–Crippen LogP) is 11.4. The van der Waals surface area contributed by atoms with Crippen LogP contribution in [0, 0.1) is 0 Å². The van der Waals surface area contributed by atoms with Gasteiger partial charge in [0.2, 0.25) is 0 Å². The molecule has 9 rings (SSSR count). The number of fused-ring (bicyclic) bond motifs is 6. The number of benzene rings is 7. The van der Waals surface area contributed by atoms with E-state index in [0.29, 0.717) is 17.1 Å². The van der Waals surface area contributed by atoms with Crippen molar-refractivity contribution < 1.29 is 9.60 Å². The minimum atomic E-state index is -0.432. The summed E-state index contributed by atoms with van der Waals surface area (Å²) in [5.74, 6) is 0. The Morgan fingerprint density at radius 2 is 1.02 bits per heavy atom. The van der Waals surface area contributed by atoms with E-state index in [-0.39, 0.29) is 57.7 Å². The second-order valence-electron chi connectivity index (χ2n) is 10.9. The maximum atomic E-state index is 10.0. The smallest absolute Gasteiger partial charge is 0.0667 e. The quantitative estimate of drug-likeness (QED) is 0.197. The van der Waals surface area contributed by atoms with Gasteiger partial charge in [-0.25, -0.2) is 0 Å². The van der Waals surface area contributed by atoms with Crippen LogP contribution >= 0.6 is 0 Å². The Kier molecular flexibility index (Phi) is 4.40. The third-order valence-electron chi connectivity index (χ3n) is 8.33. The van der Waals surface area contributed by atoms with Crippen LogP contribution < -0.4 is 4.90 Å². The fourth-order valence-corrected chi connectivity index (χ4v) is 6.46. The van der Waals surface area contributed by atoms with Gasteiger partial charge in [0.05, 0.1) is 37.3 Å². The highest BCUT2D eigenvalue weighted by atomic mass is 15.1. The summed E-state index contributed by atoms with van der Waals surface area (Å²) in [4.78, 5) is 1.87. The van der Waals surface area contributed by atoms with Gasteiger partial charge in [0.25, 0.3) is 0 Å². The van der Waals surface area contributed by atoms with E-state index in [2.05, 4.69) is 34.9 Å². The minimum absolute atomic E-state index is 0.0828. The van der Waals surface area contributed by atoms with Crippen LogP contribution in [0.3, 0.4) is 0 Å². The average molecular weight is 583 g/mol. The summed E-state index contributed by atoms with van der Waals surface area (Å²) < 4.78 is 68.0. The highest BCUT2D eigenvalue weighted by Gasteiger charge is 2.22. The van der Waals surface area contributed by atoms with Crippen molar-refractivity contribution in [1.29, 1.82) is 0 Å². The zero-order valence-electron chi connectivity index (χ0n) is 31.0. The molecule has 0 unspecified atom stereocenters. The molecule has 0 aliphatic carbocycles. The Hall–Kier alpha value is -6.06. The first-order chi connectivity index (χ1) is 25.3. The number of hydrogen-bond acceptors (Lipinski definition) is 1. The van der Waals surface area contributed by atoms with Gasteiger partial charge in [0, 0.05) is 44.3 Å². The van der Waals surface area contributed by atoms with Gasteiger partial charge >= 0.3 is 0 Å². The van der Waals surface area contributed by atoms with Crippen molar-refractivity contribution in [2.45, 2.75) is 0 Å². The molecule has 3 nitrogen and oxygen atoms in total. The normalized spacial score (nSPS) is 13.7. The van der Waals surface area contributed by atoms with Gasteiger partial charge in [-0.2, -0.15) is 0 Å². The zero-order chi connectivity index (χ0) is 35.8. The van der Waals surface area contributed by atoms with E-state index in [0.717, 1.165) is 27.5 Å². The summed E-state index contributed by atoms with van der Waals surface area (Å²) in [5.41, 5.74) is 5.41. The van der Waals surface area contributed by atoms with Crippen LogP contribution in [-0.4, -0.2) is 9.13 Å². The van der Waals surface area contributed by atoms with Crippen LogP contribution in [0.25, 0.3) is 55.0 Å². The maximum Gasteiger partial charge on any atom is 0.0667 e. The Balaban J connectivity index is 1.47. The van der Waals surface area contributed by atoms with Crippen molar-refractivity contribution in [3.63, 3.8) is 0 Å². The number of hydrogen-bond donors (Lipinski definition) is 0. The molecule has 0 aliphatic heterocycles. The van der Waals surface area contributed by atoms with Gasteiger partial charge in [-0.15, -0.1) is 0 Å². The summed E-state index contributed by atoms with van der Waals surface area (Å²) in [5, 5.41) is 2.13. The molecule has 0 spiro atoms. The largest absolute Gasteiger partial charge is 0.310 e. The molecule has 9 aromatic rings. The van der Waals surface area contributed by atoms with Gasteiger partial charge in [0.1, 0.15) is 0 Å². The SMILES string of the molecule is [2H]c1c([2H])c([2H])c2c(c1[2H])c1c([2H])c([2H])c(N(c3ccccc3)c3cccc4c3c3ccccc3n4-c3ccccc3)c([2H])c1n2-c1ccccc1. The van der Waals surface area contributed by atoms with Gasteiger partial charge in [-0.05, 0) is 72.7 Å². The van der Waals surface area contributed by atoms with Crippen LogP contribution in [0.1, 0.15) is 9.60 Å². The van der Waals surface area contributed by atoms with Crippen LogP contribution in [0.4, 0.5) is 17.1 Å². The van der Waals surface area contributed by atoms with E-state index >= 15 is 0 Å². The first-order valence-electron chi connectivity index (χ1n) is 18.3. The van der Waals surface area contributed by atoms with Crippen LogP contribution in [-0.2, 0) is 0 Å². The van der Waals surface area contributed by atoms with E-state index < -0.39 is 12.1 Å². The summed E-state index contributed by atoms with van der Waals surface area (Å²) in [7, 11) is 0. The topological polar surface area (TPSA) is 13.1 Å². The second-order valence-corrected chi connectivity index (χ2v) is 10.9. The fourth-order valence-electron chi connectivity index (χ4n) is 6.46. The number of aromatic nitrogens is 2. The van der Waals surface area contributed by atoms with Crippen molar-refractivity contribution in [3.8, 4) is 11.4 Å². The molecule has 3 heteroatoms. The summed E-state index contributed by atoms with van der Waals surface area (Å²) in [6, 6.07) is 40.9. The molecule has 0 fully saturated rings. The van der Waals surface area contributed by atoms with Crippen LogP contribution in [0.15, 0.2) is 176 Å². The van der Waals surface area contributed by atoms with Gasteiger partial charge < -0.3 is 14.0 Å². The lowest BCUT2D eigenvalue weighted by atomic mass is 10.1. The molecule has 212 valence electrons. The second kappa shape index (κ2) is 10.3. The van der Waals surface area contributed by atoms with Crippen LogP contribution in [0.5, 0.6) is 0 Å². The maximum absolute atomic E-state index is 10.0. The molecule has 0 saturated carbocycles. The molecule has 0 saturated heterocycles. The van der Waals surface area contributed by atoms with Crippen molar-refractivity contribution in [2.24, 2.45) is 0 Å². The molecular weight excluding hydrogens is 546 g/mol. The molecular formula is C42H29N3. The number of para-hydroxylation sites is 5. The summed E-state index contributed by atoms with van der Waals surface area (Å²) in [6.45, 7) is 0. The molecule has 7 aromatic carbocycles. The number of anilines is 3. The molecule has 2 aromatic heterocycles. The molecule has 0 aliphatic rings. The lowest BCUT2D eigenvalue weighted by Gasteiger charge is -2.27. The minimum Gasteiger partial charge on any atom is -0.310 e. The Bertz CT molecular complexity index is 2870. The third kappa shape index (κ3) is 3.98. The van der Waals surface area contributed by atoms with Crippen molar-refractivity contribution in [2.75, 3.05) is 4.90 Å². The molecule has 0 atom stereocenters. The molecule has 2 heterocycles. The van der Waals surface area contributed by atoms with E-state index in [4.69, 9.17) is 5.48 Å². The van der Waals surface area contributed by atoms with E-state index in [9.17, 15) is 4.11 Å². The van der Waals surface area contributed by atoms with Gasteiger partial charge in [-0.1, -0.05) is 103 Å². The predicted molar refractivity (Wildman–Crippen MR) is 190 cm³/mol. The Labute approximate surface area is 271 Å². The average Bonchev–Trinajstić information content (AvgIpc) is 3.73. The summed E-state index contributed by atoms with van der Waals surface area (Å²) in [6.07, 6.45) is 0. The highest BCUT2D eigenvalue weighted by molar-refractivity contribution is 6.17. The van der Waals surface area contributed by atoms with Gasteiger partial charge in [0.15, 0.2) is 0 Å². The van der Waals surface area contributed by atoms with Crippen LogP contribution in [0.2, 0.25) is 0 Å². The lowest BCUT2D eigenvalue weighted by Crippen LogP contribution is -2.10. The molecule has 0 radical (unpaired) electrons. The standard InChI is InChI=1S/C42H29N3/c1-4-15-30(16-5-1)43(33-27-28-35-34-21-10-12-23-37(34)45(41(35)29-33)32-19-8-3-9-20-32)39-25-14-26-40-42(39)36-22-11-13-24-38(36)44(40)31-17-6-2-7-18-31/h1-29H/i10D,12D,21D,23D,27D,28D,29D. The first kappa shape index (κ1) is 19.3. The summed E-state index contributed by atoms with van der Waals surface area (Å²) >= 11 is 0. The van der Waals surface area contributed by atoms with E-state index in [1.165, 1.54) is 0 Å². The molecule has 0 N–H and O–H groups in total. The zero-order valence-corrected chi connectivity index (χ0v) is 24.0. The Morgan fingerprint density at radius 1 is 0.422 bits per heavy atom. The van der Waals surface area contributed by atoms with Crippen molar-refractivity contribution in [1.82, 2.24) is 9.13 Å². The molecule has 0 bridgehead atoms. The van der Waals surface area contributed by atoms with Crippen molar-refractivity contribution in [3.05, 3.63) is 176 Å². The van der Waals surface area contributed by atoms with E-state index in [1.807, 2.05) is 108 Å². The molecule has 45 heavy (non-hydrogen) atoms. The van der Waals surface area contributed by atoms with Crippen molar-refractivity contribution >= 4 is 60.7 Å². The Morgan fingerprint density at radius 3 is 1.78 bits per heavy atom.